The molecule has 5 rings (SSSR count). The van der Waals surface area contributed by atoms with E-state index in [1.165, 1.54) is 24.3 Å². The second-order valence-corrected chi connectivity index (χ2v) is 9.59. The Morgan fingerprint density at radius 3 is 2.21 bits per heavy atom. The molecule has 2 atom stereocenters. The lowest BCUT2D eigenvalue weighted by Crippen LogP contribution is -3.14. The molecule has 1 saturated heterocycles. The van der Waals surface area contributed by atoms with Gasteiger partial charge in [0.05, 0.1) is 5.39 Å². The molecule has 198 valence electrons. The van der Waals surface area contributed by atoms with E-state index in [2.05, 4.69) is 0 Å². The maximum absolute atomic E-state index is 14.1. The highest BCUT2D eigenvalue weighted by Gasteiger charge is 2.41. The molecule has 1 N–H and O–H groups in total. The predicted molar refractivity (Wildman–Crippen MR) is 133 cm³/mol. The van der Waals surface area contributed by atoms with Crippen molar-refractivity contribution in [2.45, 2.75) is 38.8 Å². The molecule has 3 aromatic carbocycles. The van der Waals surface area contributed by atoms with Crippen LogP contribution in [0.15, 0.2) is 75.9 Å². The molecule has 2 heterocycles. The number of morpholine rings is 1. The molecule has 4 aromatic rings. The number of hydrogen-bond donors (Lipinski definition) is 1. The third-order valence-electron chi connectivity index (χ3n) is 6.56. The van der Waals surface area contributed by atoms with Gasteiger partial charge in [-0.2, -0.15) is 13.2 Å². The van der Waals surface area contributed by atoms with Crippen LogP contribution in [0.5, 0.6) is 17.2 Å². The summed E-state index contributed by atoms with van der Waals surface area (Å²) in [6.07, 6.45) is -5.19. The zero-order valence-electron chi connectivity index (χ0n) is 20.8. The summed E-state index contributed by atoms with van der Waals surface area (Å²) in [5.74, 6) is -2.99. The van der Waals surface area contributed by atoms with Gasteiger partial charge in [-0.3, -0.25) is 4.79 Å². The molecule has 1 aliphatic rings. The first-order chi connectivity index (χ1) is 18.1. The van der Waals surface area contributed by atoms with Crippen LogP contribution in [0.1, 0.15) is 25.2 Å². The van der Waals surface area contributed by atoms with E-state index in [-0.39, 0.29) is 41.0 Å². The lowest BCUT2D eigenvalue weighted by Gasteiger charge is -2.33. The maximum Gasteiger partial charge on any atom is 0.453 e. The number of halogens is 3. The SMILES string of the molecule is CC1C[NH+](Cc2c([O-])ccc3c(=O)c(Oc4ccc(-c5ccccc5)cc4)c(C(F)(F)F)oc23)CC(C)O1. The minimum atomic E-state index is -5.03. The average molecular weight is 526 g/mol. The van der Waals surface area contributed by atoms with Gasteiger partial charge in [-0.25, -0.2) is 0 Å². The predicted octanol–water partition coefficient (Wildman–Crippen LogP) is 4.54. The number of benzene rings is 3. The van der Waals surface area contributed by atoms with Gasteiger partial charge in [-0.1, -0.05) is 54.3 Å². The van der Waals surface area contributed by atoms with Gasteiger partial charge in [0.1, 0.15) is 43.2 Å². The Kier molecular flexibility index (Phi) is 6.90. The second-order valence-electron chi connectivity index (χ2n) is 9.59. The van der Waals surface area contributed by atoms with Crippen LogP contribution in [0.4, 0.5) is 13.2 Å². The van der Waals surface area contributed by atoms with Gasteiger partial charge < -0.3 is 23.9 Å². The highest BCUT2D eigenvalue weighted by molar-refractivity contribution is 5.83. The van der Waals surface area contributed by atoms with Crippen molar-refractivity contribution in [1.29, 1.82) is 0 Å². The highest BCUT2D eigenvalue weighted by atomic mass is 19.4. The molecule has 1 aliphatic heterocycles. The minimum absolute atomic E-state index is 0.0279. The summed E-state index contributed by atoms with van der Waals surface area (Å²) in [7, 11) is 0. The maximum atomic E-state index is 14.1. The van der Waals surface area contributed by atoms with E-state index in [0.29, 0.717) is 13.1 Å². The molecule has 9 heteroatoms. The molecule has 0 spiro atoms. The van der Waals surface area contributed by atoms with E-state index in [9.17, 15) is 23.1 Å². The topological polar surface area (TPSA) is 76.2 Å². The standard InChI is InChI=1S/C29H26F3NO5/c1-17-14-33(15-18(2)36-17)16-23-24(34)13-12-22-25(35)27(28(29(30,31)32)38-26(22)23)37-21-10-8-20(9-11-21)19-6-4-3-5-7-19/h3-13,17-18,34H,14-16H2,1-2H3. The van der Waals surface area contributed by atoms with Gasteiger partial charge in [0.15, 0.2) is 0 Å². The third kappa shape index (κ3) is 5.25. The zero-order valence-corrected chi connectivity index (χ0v) is 20.8. The van der Waals surface area contributed by atoms with Crippen LogP contribution in [0, 0.1) is 0 Å². The number of fused-ring (bicyclic) bond motifs is 1. The van der Waals surface area contributed by atoms with E-state index in [0.717, 1.165) is 16.0 Å². The Labute approximate surface area is 216 Å². The molecule has 0 bridgehead atoms. The molecule has 0 saturated carbocycles. The van der Waals surface area contributed by atoms with E-state index in [1.807, 2.05) is 44.2 Å². The van der Waals surface area contributed by atoms with Gasteiger partial charge in [-0.15, -0.1) is 0 Å². The number of rotatable bonds is 5. The van der Waals surface area contributed by atoms with Crippen molar-refractivity contribution < 1.29 is 37.1 Å². The summed E-state index contributed by atoms with van der Waals surface area (Å²) in [5, 5.41) is 12.6. The van der Waals surface area contributed by atoms with Crippen LogP contribution in [-0.4, -0.2) is 25.3 Å². The van der Waals surface area contributed by atoms with Crippen LogP contribution in [0.2, 0.25) is 0 Å². The summed E-state index contributed by atoms with van der Waals surface area (Å²) in [5.41, 5.74) is 0.431. The first-order valence-electron chi connectivity index (χ1n) is 12.3. The number of nitrogens with one attached hydrogen (secondary N) is 1. The summed E-state index contributed by atoms with van der Waals surface area (Å²) >= 11 is 0. The van der Waals surface area contributed by atoms with Crippen LogP contribution in [0.3, 0.4) is 0 Å². The Hall–Kier alpha value is -3.82. The number of alkyl halides is 3. The van der Waals surface area contributed by atoms with Crippen molar-refractivity contribution in [3.8, 4) is 28.4 Å². The van der Waals surface area contributed by atoms with Gasteiger partial charge in [0.25, 0.3) is 5.76 Å². The molecule has 0 radical (unpaired) electrons. The summed E-state index contributed by atoms with van der Waals surface area (Å²) in [4.78, 5) is 14.3. The fourth-order valence-electron chi connectivity index (χ4n) is 4.97. The normalized spacial score (nSPS) is 20.0. The summed E-state index contributed by atoms with van der Waals surface area (Å²) in [6.45, 7) is 5.03. The van der Waals surface area contributed by atoms with Crippen molar-refractivity contribution in [2.24, 2.45) is 0 Å². The average Bonchev–Trinajstić information content (AvgIpc) is 2.87. The summed E-state index contributed by atoms with van der Waals surface area (Å²) in [6, 6.07) is 18.2. The van der Waals surface area contributed by atoms with Gasteiger partial charge in [-0.05, 0) is 43.2 Å². The number of ether oxygens (including phenoxy) is 2. The van der Waals surface area contributed by atoms with Gasteiger partial charge in [0, 0.05) is 5.56 Å². The van der Waals surface area contributed by atoms with Gasteiger partial charge in [0.2, 0.25) is 11.2 Å². The Bertz CT molecular complexity index is 1490. The Morgan fingerprint density at radius 2 is 1.58 bits per heavy atom. The van der Waals surface area contributed by atoms with Crippen molar-refractivity contribution >= 4 is 11.0 Å². The third-order valence-corrected chi connectivity index (χ3v) is 6.56. The molecule has 1 fully saturated rings. The lowest BCUT2D eigenvalue weighted by molar-refractivity contribution is -0.928. The van der Waals surface area contributed by atoms with Crippen molar-refractivity contribution in [3.05, 3.63) is 88.3 Å². The quantitative estimate of drug-likeness (QED) is 0.414. The fraction of sp³-hybridized carbons (Fsp3) is 0.276. The van der Waals surface area contributed by atoms with E-state index >= 15 is 0 Å². The van der Waals surface area contributed by atoms with Crippen molar-refractivity contribution in [3.63, 3.8) is 0 Å². The number of hydrogen-bond acceptors (Lipinski definition) is 5. The van der Waals surface area contributed by atoms with Gasteiger partial charge >= 0.3 is 6.18 Å². The summed E-state index contributed by atoms with van der Waals surface area (Å²) < 4.78 is 58.9. The lowest BCUT2D eigenvalue weighted by atomic mass is 10.1. The first-order valence-corrected chi connectivity index (χ1v) is 12.3. The Balaban J connectivity index is 1.55. The smallest absolute Gasteiger partial charge is 0.453 e. The van der Waals surface area contributed by atoms with Crippen molar-refractivity contribution in [1.82, 2.24) is 0 Å². The minimum Gasteiger partial charge on any atom is -0.872 e. The van der Waals surface area contributed by atoms with E-state index in [4.69, 9.17) is 13.9 Å². The van der Waals surface area contributed by atoms with E-state index < -0.39 is 28.9 Å². The van der Waals surface area contributed by atoms with Crippen LogP contribution in [0.25, 0.3) is 22.1 Å². The fourth-order valence-corrected chi connectivity index (χ4v) is 4.97. The van der Waals surface area contributed by atoms with Crippen molar-refractivity contribution in [2.75, 3.05) is 13.1 Å². The largest absolute Gasteiger partial charge is 0.872 e. The van der Waals surface area contributed by atoms with Crippen LogP contribution in [-0.2, 0) is 17.5 Å². The van der Waals surface area contributed by atoms with Crippen LogP contribution < -0.4 is 20.2 Å². The monoisotopic (exact) mass is 525 g/mol. The molecule has 1 aromatic heterocycles. The van der Waals surface area contributed by atoms with Crippen LogP contribution >= 0.6 is 0 Å². The molecular weight excluding hydrogens is 499 g/mol. The molecule has 38 heavy (non-hydrogen) atoms. The second kappa shape index (κ2) is 10.2. The highest BCUT2D eigenvalue weighted by Crippen LogP contribution is 2.39. The molecular formula is C29H26F3NO5. The Morgan fingerprint density at radius 1 is 0.947 bits per heavy atom. The molecule has 0 amide bonds. The molecule has 0 aliphatic carbocycles. The molecule has 2 unspecified atom stereocenters. The number of quaternary nitrogens is 1. The first kappa shape index (κ1) is 25.8. The zero-order chi connectivity index (χ0) is 27.0. The molecule has 6 nitrogen and oxygen atoms in total. The van der Waals surface area contributed by atoms with E-state index in [1.54, 1.807) is 12.1 Å².